The molecular weight excluding hydrogens is 411 g/mol. The van der Waals surface area contributed by atoms with Crippen molar-refractivity contribution in [3.05, 3.63) is 48.3 Å². The monoisotopic (exact) mass is 452 g/mol. The van der Waals surface area contributed by atoms with E-state index in [-0.39, 0.29) is 5.82 Å². The van der Waals surface area contributed by atoms with Crippen LogP contribution >= 0.6 is 0 Å². The number of fused-ring (bicyclic) bond motifs is 3. The Morgan fingerprint density at radius 2 is 1.15 bits per heavy atom. The van der Waals surface area contributed by atoms with Crippen molar-refractivity contribution in [2.24, 2.45) is 0 Å². The maximum atomic E-state index is 15.1. The van der Waals surface area contributed by atoms with Gasteiger partial charge in [0.15, 0.2) is 11.6 Å². The van der Waals surface area contributed by atoms with Crippen LogP contribution in [0.15, 0.2) is 42.5 Å². The lowest BCUT2D eigenvalue weighted by molar-refractivity contribution is 0.291. The summed E-state index contributed by atoms with van der Waals surface area (Å²) in [6.45, 7) is 5.78. The molecular formula is C30H41FO2. The molecule has 0 N–H and O–H groups in total. The van der Waals surface area contributed by atoms with E-state index >= 15 is 4.39 Å². The van der Waals surface area contributed by atoms with Gasteiger partial charge >= 0.3 is 0 Å². The Hall–Kier alpha value is -2.29. The molecule has 3 rings (SSSR count). The van der Waals surface area contributed by atoms with E-state index in [1.807, 2.05) is 30.3 Å². The molecule has 0 unspecified atom stereocenters. The van der Waals surface area contributed by atoms with Crippen molar-refractivity contribution in [3.63, 3.8) is 0 Å². The second-order valence-corrected chi connectivity index (χ2v) is 9.15. The van der Waals surface area contributed by atoms with E-state index in [2.05, 4.69) is 19.9 Å². The number of hydrogen-bond donors (Lipinski definition) is 0. The number of ether oxygens (including phenoxy) is 2. The molecule has 0 bridgehead atoms. The SMILES string of the molecule is CCCCCCCCOc1ccc2c(ccc3c(F)c(OCCCCCCCC)ccc32)c1. The van der Waals surface area contributed by atoms with Crippen LogP contribution in [-0.4, -0.2) is 13.2 Å². The predicted octanol–water partition coefficient (Wildman–Crippen LogP) is 9.61. The Balaban J connectivity index is 1.57. The minimum atomic E-state index is -0.260. The van der Waals surface area contributed by atoms with Gasteiger partial charge in [-0.15, -0.1) is 0 Å². The Labute approximate surface area is 199 Å². The number of hydrogen-bond acceptors (Lipinski definition) is 2. The summed E-state index contributed by atoms with van der Waals surface area (Å²) >= 11 is 0. The highest BCUT2D eigenvalue weighted by Crippen LogP contribution is 2.33. The van der Waals surface area contributed by atoms with E-state index in [0.717, 1.165) is 47.8 Å². The third kappa shape index (κ3) is 7.62. The summed E-state index contributed by atoms with van der Waals surface area (Å²) in [6.07, 6.45) is 14.7. The summed E-state index contributed by atoms with van der Waals surface area (Å²) in [5, 5.41) is 3.65. The average molecular weight is 453 g/mol. The van der Waals surface area contributed by atoms with E-state index in [0.29, 0.717) is 17.7 Å². The van der Waals surface area contributed by atoms with Crippen LogP contribution in [0.2, 0.25) is 0 Å². The first kappa shape index (κ1) is 25.3. The second kappa shape index (κ2) is 14.1. The minimum Gasteiger partial charge on any atom is -0.494 e. The van der Waals surface area contributed by atoms with Gasteiger partial charge in [0.2, 0.25) is 0 Å². The molecule has 0 saturated heterocycles. The van der Waals surface area contributed by atoms with Gasteiger partial charge in [0, 0.05) is 5.39 Å². The van der Waals surface area contributed by atoms with E-state index in [1.165, 1.54) is 57.8 Å². The van der Waals surface area contributed by atoms with Gasteiger partial charge in [-0.05, 0) is 53.3 Å². The maximum absolute atomic E-state index is 15.1. The van der Waals surface area contributed by atoms with Crippen molar-refractivity contribution in [1.82, 2.24) is 0 Å². The van der Waals surface area contributed by atoms with E-state index < -0.39 is 0 Å². The zero-order valence-electron chi connectivity index (χ0n) is 20.6. The van der Waals surface area contributed by atoms with Crippen LogP contribution in [0.3, 0.4) is 0 Å². The molecule has 33 heavy (non-hydrogen) atoms. The number of halogens is 1. The van der Waals surface area contributed by atoms with Crippen LogP contribution < -0.4 is 9.47 Å². The molecule has 0 aliphatic rings. The topological polar surface area (TPSA) is 18.5 Å². The van der Waals surface area contributed by atoms with Gasteiger partial charge in [-0.25, -0.2) is 4.39 Å². The van der Waals surface area contributed by atoms with Crippen LogP contribution in [0.1, 0.15) is 90.9 Å². The fourth-order valence-corrected chi connectivity index (χ4v) is 4.41. The van der Waals surface area contributed by atoms with Crippen LogP contribution in [0.5, 0.6) is 11.5 Å². The molecule has 180 valence electrons. The highest BCUT2D eigenvalue weighted by Gasteiger charge is 2.11. The van der Waals surface area contributed by atoms with Gasteiger partial charge in [-0.2, -0.15) is 0 Å². The molecule has 0 atom stereocenters. The molecule has 0 aromatic heterocycles. The van der Waals surface area contributed by atoms with Crippen molar-refractivity contribution in [1.29, 1.82) is 0 Å². The molecule has 0 amide bonds. The Morgan fingerprint density at radius 1 is 0.576 bits per heavy atom. The van der Waals surface area contributed by atoms with Gasteiger partial charge in [0.05, 0.1) is 13.2 Å². The summed E-state index contributed by atoms with van der Waals surface area (Å²) in [5.74, 6) is 0.979. The van der Waals surface area contributed by atoms with Crippen molar-refractivity contribution in [3.8, 4) is 11.5 Å². The zero-order chi connectivity index (χ0) is 23.3. The molecule has 0 saturated carbocycles. The third-order valence-electron chi connectivity index (χ3n) is 6.41. The molecule has 0 aliphatic carbocycles. The molecule has 2 nitrogen and oxygen atoms in total. The van der Waals surface area contributed by atoms with Gasteiger partial charge in [-0.3, -0.25) is 0 Å². The second-order valence-electron chi connectivity index (χ2n) is 9.15. The standard InChI is InChI=1S/C30H41FO2/c1-3-5-7-9-11-13-21-32-25-16-18-26-24(23-25)15-17-28-27(26)19-20-29(30(28)31)33-22-14-12-10-8-6-4-2/h15-20,23H,3-14,21-22H2,1-2H3. The third-order valence-corrected chi connectivity index (χ3v) is 6.41. The molecule has 0 heterocycles. The molecule has 0 spiro atoms. The summed E-state index contributed by atoms with van der Waals surface area (Å²) in [4.78, 5) is 0. The molecule has 0 fully saturated rings. The highest BCUT2D eigenvalue weighted by atomic mass is 19.1. The largest absolute Gasteiger partial charge is 0.494 e. The highest BCUT2D eigenvalue weighted by molar-refractivity contribution is 6.08. The molecule has 0 aliphatic heterocycles. The van der Waals surface area contributed by atoms with Crippen LogP contribution in [0, 0.1) is 5.82 Å². The van der Waals surface area contributed by atoms with Crippen LogP contribution in [-0.2, 0) is 0 Å². The van der Waals surface area contributed by atoms with Gasteiger partial charge in [0.25, 0.3) is 0 Å². The smallest absolute Gasteiger partial charge is 0.172 e. The Morgan fingerprint density at radius 3 is 1.85 bits per heavy atom. The number of unbranched alkanes of at least 4 members (excludes halogenated alkanes) is 10. The summed E-state index contributed by atoms with van der Waals surface area (Å²) in [6, 6.07) is 13.7. The number of benzene rings is 3. The minimum absolute atomic E-state index is 0.260. The molecule has 3 aromatic rings. The lowest BCUT2D eigenvalue weighted by atomic mass is 10.0. The van der Waals surface area contributed by atoms with E-state index in [9.17, 15) is 0 Å². The van der Waals surface area contributed by atoms with Crippen molar-refractivity contribution < 1.29 is 13.9 Å². The number of rotatable bonds is 16. The summed E-state index contributed by atoms with van der Waals surface area (Å²) < 4.78 is 26.9. The lowest BCUT2D eigenvalue weighted by Crippen LogP contribution is -2.00. The average Bonchev–Trinajstić information content (AvgIpc) is 2.83. The summed E-state index contributed by atoms with van der Waals surface area (Å²) in [5.41, 5.74) is 0. The Bertz CT molecular complexity index is 982. The van der Waals surface area contributed by atoms with E-state index in [4.69, 9.17) is 9.47 Å². The van der Waals surface area contributed by atoms with Crippen molar-refractivity contribution in [2.75, 3.05) is 13.2 Å². The molecule has 3 heteroatoms. The lowest BCUT2D eigenvalue weighted by Gasteiger charge is -2.12. The van der Waals surface area contributed by atoms with Gasteiger partial charge in [0.1, 0.15) is 5.75 Å². The first-order valence-electron chi connectivity index (χ1n) is 13.1. The van der Waals surface area contributed by atoms with Crippen molar-refractivity contribution >= 4 is 21.5 Å². The fourth-order valence-electron chi connectivity index (χ4n) is 4.41. The summed E-state index contributed by atoms with van der Waals surface area (Å²) in [7, 11) is 0. The maximum Gasteiger partial charge on any atom is 0.172 e. The molecule has 3 aromatic carbocycles. The molecule has 0 radical (unpaired) electrons. The normalized spacial score (nSPS) is 11.4. The van der Waals surface area contributed by atoms with Crippen LogP contribution in [0.25, 0.3) is 21.5 Å². The quantitative estimate of drug-likeness (QED) is 0.159. The van der Waals surface area contributed by atoms with E-state index in [1.54, 1.807) is 6.07 Å². The fraction of sp³-hybridized carbons (Fsp3) is 0.533. The first-order chi connectivity index (χ1) is 16.2. The van der Waals surface area contributed by atoms with Crippen molar-refractivity contribution in [2.45, 2.75) is 90.9 Å². The Kier molecular flexibility index (Phi) is 10.8. The van der Waals surface area contributed by atoms with Crippen LogP contribution in [0.4, 0.5) is 4.39 Å². The predicted molar refractivity (Wildman–Crippen MR) is 139 cm³/mol. The van der Waals surface area contributed by atoms with Gasteiger partial charge < -0.3 is 9.47 Å². The zero-order valence-corrected chi connectivity index (χ0v) is 20.6. The van der Waals surface area contributed by atoms with Gasteiger partial charge in [-0.1, -0.05) is 96.3 Å². The first-order valence-corrected chi connectivity index (χ1v) is 13.1.